The fourth-order valence-corrected chi connectivity index (χ4v) is 7.60. The molecule has 306 valence electrons. The van der Waals surface area contributed by atoms with E-state index in [1.165, 1.54) is 0 Å². The molecular formula is C44H54N8O6. The third kappa shape index (κ3) is 8.06. The lowest BCUT2D eigenvalue weighted by Gasteiger charge is -2.37. The molecule has 2 saturated carbocycles. The zero-order valence-electron chi connectivity index (χ0n) is 34.0. The van der Waals surface area contributed by atoms with Crippen LogP contribution in [-0.4, -0.2) is 91.1 Å². The Morgan fingerprint density at radius 2 is 1.12 bits per heavy atom. The molecule has 2 aromatic heterocycles. The number of ether oxygens (including phenoxy) is 2. The van der Waals surface area contributed by atoms with Crippen LogP contribution in [0.15, 0.2) is 60.9 Å². The van der Waals surface area contributed by atoms with Crippen LogP contribution in [0.2, 0.25) is 0 Å². The van der Waals surface area contributed by atoms with Gasteiger partial charge in [0.15, 0.2) is 11.2 Å². The van der Waals surface area contributed by atoms with Crippen LogP contribution < -0.4 is 10.6 Å². The fourth-order valence-electron chi connectivity index (χ4n) is 7.60. The van der Waals surface area contributed by atoms with Crippen LogP contribution in [0.5, 0.6) is 0 Å². The first kappa shape index (κ1) is 39.2. The largest absolute Gasteiger partial charge is 0.433 e. The Morgan fingerprint density at radius 3 is 1.57 bits per heavy atom. The normalized spacial score (nSPS) is 19.1. The van der Waals surface area contributed by atoms with Gasteiger partial charge in [-0.15, -0.1) is 0 Å². The summed E-state index contributed by atoms with van der Waals surface area (Å²) in [6.07, 6.45) is 8.13. The lowest BCUT2D eigenvalue weighted by atomic mass is 9.85. The summed E-state index contributed by atoms with van der Waals surface area (Å²) in [6.45, 7) is 12.4. The zero-order chi connectivity index (χ0) is 40.8. The number of nitrogens with zero attached hydrogens (tertiary/aromatic N) is 4. The minimum absolute atomic E-state index is 0.00576. The highest BCUT2D eigenvalue weighted by molar-refractivity contribution is 5.89. The van der Waals surface area contributed by atoms with E-state index < -0.39 is 29.4 Å². The molecule has 3 unspecified atom stereocenters. The van der Waals surface area contributed by atoms with Gasteiger partial charge >= 0.3 is 12.2 Å². The van der Waals surface area contributed by atoms with Gasteiger partial charge < -0.3 is 39.9 Å². The molecule has 0 spiro atoms. The van der Waals surface area contributed by atoms with Crippen LogP contribution >= 0.6 is 0 Å². The summed E-state index contributed by atoms with van der Waals surface area (Å²) in [5, 5.41) is 6.12. The van der Waals surface area contributed by atoms with Gasteiger partial charge in [-0.05, 0) is 68.9 Å². The number of likely N-dealkylation sites (tertiary alicyclic amines) is 2. The average Bonchev–Trinajstić information content (AvgIpc) is 4.09. The minimum atomic E-state index is -1.25. The van der Waals surface area contributed by atoms with E-state index >= 15 is 0 Å². The zero-order valence-corrected chi connectivity index (χ0v) is 34.0. The molecule has 2 aliphatic heterocycles. The maximum absolute atomic E-state index is 13.9. The van der Waals surface area contributed by atoms with E-state index in [4.69, 9.17) is 19.4 Å². The van der Waals surface area contributed by atoms with Crippen molar-refractivity contribution in [1.82, 2.24) is 40.4 Å². The number of H-pyrrole nitrogens is 2. The molecule has 14 nitrogen and oxygen atoms in total. The number of carbonyl (C=O) groups excluding carboxylic acids is 4. The molecule has 4 aliphatic rings. The molecule has 14 heteroatoms. The molecule has 4 aromatic rings. The van der Waals surface area contributed by atoms with Gasteiger partial charge in [-0.3, -0.25) is 9.59 Å². The van der Waals surface area contributed by atoms with E-state index in [1.54, 1.807) is 23.6 Å². The van der Waals surface area contributed by atoms with Crippen molar-refractivity contribution in [3.63, 3.8) is 0 Å². The first-order valence-electron chi connectivity index (χ1n) is 20.6. The molecule has 4 amide bonds. The first-order chi connectivity index (χ1) is 27.7. The second-order valence-corrected chi connectivity index (χ2v) is 17.7. The Kier molecular flexibility index (Phi) is 10.3. The van der Waals surface area contributed by atoms with Gasteiger partial charge in [0, 0.05) is 61.5 Å². The summed E-state index contributed by atoms with van der Waals surface area (Å²) in [5.41, 5.74) is 2.61. The van der Waals surface area contributed by atoms with Gasteiger partial charge in [0.1, 0.15) is 11.6 Å². The Labute approximate surface area is 338 Å². The second-order valence-electron chi connectivity index (χ2n) is 17.7. The number of nitrogens with one attached hydrogen (secondary N) is 4. The minimum Gasteiger partial charge on any atom is -0.433 e. The molecule has 8 rings (SSSR count). The van der Waals surface area contributed by atoms with Gasteiger partial charge in [0.05, 0.1) is 24.0 Å². The van der Waals surface area contributed by atoms with E-state index in [-0.39, 0.29) is 35.6 Å². The second kappa shape index (κ2) is 15.3. The number of aromatic amines is 2. The Balaban J connectivity index is 0.885. The third-order valence-electron chi connectivity index (χ3n) is 12.2. The molecule has 2 saturated heterocycles. The summed E-state index contributed by atoms with van der Waals surface area (Å²) in [7, 11) is 0. The Bertz CT molecular complexity index is 2160. The smallest absolute Gasteiger partial charge is 0.410 e. The van der Waals surface area contributed by atoms with Crippen LogP contribution in [0.25, 0.3) is 33.6 Å². The fraction of sp³-hybridized carbons (Fsp3) is 0.500. The van der Waals surface area contributed by atoms with Crippen molar-refractivity contribution >= 4 is 24.0 Å². The number of imidazole rings is 2. The average molecular weight is 791 g/mol. The molecule has 4 fully saturated rings. The molecule has 4 N–H and O–H groups in total. The molecule has 2 aromatic carbocycles. The SMILES string of the molecule is CC(C)(C)C(NC(=O)C(C)(OC(=O)N1CCC1)C1CC1)c1nc(-c2ccc(-c3ccc(-c4c[nH]c(CNC(=O)C(C)(OC(=O)N5CCC5)C5CC5)n4)cc3)cc2)c[nH]1. The molecular weight excluding hydrogens is 737 g/mol. The number of carbonyl (C=O) groups is 4. The van der Waals surface area contributed by atoms with Crippen molar-refractivity contribution in [3.8, 4) is 33.6 Å². The van der Waals surface area contributed by atoms with Crippen molar-refractivity contribution < 1.29 is 28.7 Å². The quantitative estimate of drug-likeness (QED) is 0.112. The standard InChI is InChI=1S/C44H54N8O6/c1-42(2,3)36(50-39(54)44(5,32-18-19-32)58-41(56)52-22-7-23-52)37-46-25-34(49-37)30-14-10-28(11-15-30)27-8-12-29(13-9-27)33-24-45-35(48-33)26-47-38(53)43(4,31-16-17-31)57-40(55)51-20-6-21-51/h8-15,24-25,31-32,36H,6-7,16-23,26H2,1-5H3,(H,45,48)(H,46,49)(H,47,53)(H,50,54). The molecule has 0 bridgehead atoms. The van der Waals surface area contributed by atoms with Crippen LogP contribution in [-0.2, 0) is 25.6 Å². The maximum atomic E-state index is 13.9. The van der Waals surface area contributed by atoms with Crippen molar-refractivity contribution in [3.05, 3.63) is 72.6 Å². The van der Waals surface area contributed by atoms with Gasteiger partial charge in [-0.1, -0.05) is 69.3 Å². The van der Waals surface area contributed by atoms with Crippen LogP contribution in [0, 0.1) is 17.3 Å². The van der Waals surface area contributed by atoms with Gasteiger partial charge in [-0.2, -0.15) is 0 Å². The number of hydrogen-bond donors (Lipinski definition) is 4. The van der Waals surface area contributed by atoms with E-state index in [9.17, 15) is 19.2 Å². The molecule has 4 heterocycles. The van der Waals surface area contributed by atoms with Crippen molar-refractivity contribution in [2.24, 2.45) is 17.3 Å². The lowest BCUT2D eigenvalue weighted by molar-refractivity contribution is -0.144. The van der Waals surface area contributed by atoms with Gasteiger partial charge in [0.25, 0.3) is 11.8 Å². The monoisotopic (exact) mass is 790 g/mol. The van der Waals surface area contributed by atoms with E-state index in [1.807, 2.05) is 69.6 Å². The molecule has 3 atom stereocenters. The Hall–Kier alpha value is -5.66. The van der Waals surface area contributed by atoms with E-state index in [2.05, 4.69) is 32.7 Å². The summed E-state index contributed by atoms with van der Waals surface area (Å²) >= 11 is 0. The summed E-state index contributed by atoms with van der Waals surface area (Å²) in [4.78, 5) is 71.8. The first-order valence-corrected chi connectivity index (χ1v) is 20.6. The van der Waals surface area contributed by atoms with Crippen LogP contribution in [0.3, 0.4) is 0 Å². The summed E-state index contributed by atoms with van der Waals surface area (Å²) in [5.74, 6) is 0.642. The third-order valence-corrected chi connectivity index (χ3v) is 12.2. The van der Waals surface area contributed by atoms with E-state index in [0.29, 0.717) is 37.8 Å². The van der Waals surface area contributed by atoms with Crippen molar-refractivity contribution in [2.75, 3.05) is 26.2 Å². The van der Waals surface area contributed by atoms with Gasteiger partial charge in [0.2, 0.25) is 0 Å². The van der Waals surface area contributed by atoms with Crippen LogP contribution in [0.4, 0.5) is 9.59 Å². The molecule has 2 aliphatic carbocycles. The number of amides is 4. The predicted octanol–water partition coefficient (Wildman–Crippen LogP) is 6.98. The number of rotatable bonds is 13. The van der Waals surface area contributed by atoms with Crippen molar-refractivity contribution in [2.45, 2.75) is 96.9 Å². The predicted molar refractivity (Wildman–Crippen MR) is 217 cm³/mol. The van der Waals surface area contributed by atoms with Crippen molar-refractivity contribution in [1.29, 1.82) is 0 Å². The van der Waals surface area contributed by atoms with E-state index in [0.717, 1.165) is 72.2 Å². The Morgan fingerprint density at radius 1 is 0.672 bits per heavy atom. The number of aromatic nitrogens is 4. The highest BCUT2D eigenvalue weighted by Gasteiger charge is 2.53. The van der Waals surface area contributed by atoms with Gasteiger partial charge in [-0.25, -0.2) is 19.6 Å². The van der Waals surface area contributed by atoms with Crippen LogP contribution in [0.1, 0.15) is 90.8 Å². The highest BCUT2D eigenvalue weighted by atomic mass is 16.6. The number of benzene rings is 2. The summed E-state index contributed by atoms with van der Waals surface area (Å²) in [6, 6.07) is 15.8. The molecule has 0 radical (unpaired) electrons. The summed E-state index contributed by atoms with van der Waals surface area (Å²) < 4.78 is 11.6. The number of hydrogen-bond acceptors (Lipinski definition) is 8. The molecule has 58 heavy (non-hydrogen) atoms. The topological polar surface area (TPSA) is 175 Å². The maximum Gasteiger partial charge on any atom is 0.410 e. The lowest BCUT2D eigenvalue weighted by Crippen LogP contribution is -2.55. The highest BCUT2D eigenvalue weighted by Crippen LogP contribution is 2.44.